The van der Waals surface area contributed by atoms with E-state index in [2.05, 4.69) is 29.2 Å². The number of carbonyl (C=O) groups is 1. The zero-order valence-corrected chi connectivity index (χ0v) is 11.7. The molecule has 1 fully saturated rings. The average molecular weight is 277 g/mol. The van der Waals surface area contributed by atoms with Crippen molar-refractivity contribution in [1.29, 1.82) is 0 Å². The molecule has 2 unspecified atom stereocenters. The minimum Gasteiger partial charge on any atom is -0.481 e. The SMILES string of the molecule is O=C(O)CC1CCCN1C1CCSc2ccccc21. The zero-order valence-electron chi connectivity index (χ0n) is 10.9. The van der Waals surface area contributed by atoms with Gasteiger partial charge in [-0.1, -0.05) is 18.2 Å². The number of hydrogen-bond donors (Lipinski definition) is 1. The van der Waals surface area contributed by atoms with Crippen molar-refractivity contribution in [3.8, 4) is 0 Å². The largest absolute Gasteiger partial charge is 0.481 e. The molecule has 0 aliphatic carbocycles. The second-order valence-corrected chi connectivity index (χ2v) is 6.46. The Labute approximate surface area is 118 Å². The first-order valence-electron chi connectivity index (χ1n) is 6.95. The Morgan fingerprint density at radius 3 is 3.05 bits per heavy atom. The lowest BCUT2D eigenvalue weighted by atomic mass is 10.0. The van der Waals surface area contributed by atoms with Crippen LogP contribution >= 0.6 is 11.8 Å². The van der Waals surface area contributed by atoms with Gasteiger partial charge >= 0.3 is 5.97 Å². The van der Waals surface area contributed by atoms with Crippen LogP contribution in [0.1, 0.15) is 37.3 Å². The molecule has 19 heavy (non-hydrogen) atoms. The van der Waals surface area contributed by atoms with E-state index < -0.39 is 5.97 Å². The first-order chi connectivity index (χ1) is 9.25. The third-order valence-corrected chi connectivity index (χ3v) is 5.28. The van der Waals surface area contributed by atoms with Crippen molar-refractivity contribution in [2.45, 2.75) is 42.7 Å². The van der Waals surface area contributed by atoms with E-state index in [1.165, 1.54) is 10.5 Å². The van der Waals surface area contributed by atoms with Crippen LogP contribution in [0.5, 0.6) is 0 Å². The fourth-order valence-electron chi connectivity index (χ4n) is 3.36. The molecular weight excluding hydrogens is 258 g/mol. The average Bonchev–Trinajstić information content (AvgIpc) is 2.85. The monoisotopic (exact) mass is 277 g/mol. The summed E-state index contributed by atoms with van der Waals surface area (Å²) in [4.78, 5) is 14.8. The van der Waals surface area contributed by atoms with Crippen molar-refractivity contribution in [3.63, 3.8) is 0 Å². The number of thioether (sulfide) groups is 1. The van der Waals surface area contributed by atoms with Gasteiger partial charge in [-0.2, -0.15) is 0 Å². The van der Waals surface area contributed by atoms with Crippen LogP contribution in [0.4, 0.5) is 0 Å². The van der Waals surface area contributed by atoms with Gasteiger partial charge in [-0.15, -0.1) is 11.8 Å². The minimum absolute atomic E-state index is 0.221. The summed E-state index contributed by atoms with van der Waals surface area (Å²) in [6.45, 7) is 1.04. The Kier molecular flexibility index (Phi) is 3.80. The van der Waals surface area contributed by atoms with Crippen molar-refractivity contribution in [1.82, 2.24) is 4.90 Å². The highest BCUT2D eigenvalue weighted by atomic mass is 32.2. The van der Waals surface area contributed by atoms with Crippen molar-refractivity contribution in [2.24, 2.45) is 0 Å². The fraction of sp³-hybridized carbons (Fsp3) is 0.533. The van der Waals surface area contributed by atoms with E-state index in [1.807, 2.05) is 11.8 Å². The third kappa shape index (κ3) is 2.65. The molecule has 1 aromatic rings. The predicted octanol–water partition coefficient (Wildman–Crippen LogP) is 3.16. The molecule has 3 nitrogen and oxygen atoms in total. The first kappa shape index (κ1) is 13.0. The second-order valence-electron chi connectivity index (χ2n) is 5.32. The molecule has 0 radical (unpaired) electrons. The third-order valence-electron chi connectivity index (χ3n) is 4.16. The van der Waals surface area contributed by atoms with E-state index in [9.17, 15) is 4.79 Å². The Morgan fingerprint density at radius 2 is 2.21 bits per heavy atom. The molecule has 102 valence electrons. The van der Waals surface area contributed by atoms with Gasteiger partial charge in [0.05, 0.1) is 6.42 Å². The number of likely N-dealkylation sites (tertiary alicyclic amines) is 1. The van der Waals surface area contributed by atoms with Crippen LogP contribution in [0.2, 0.25) is 0 Å². The molecular formula is C15H19NO2S. The Hall–Kier alpha value is -1.00. The number of carboxylic acids is 1. The van der Waals surface area contributed by atoms with Crippen molar-refractivity contribution in [3.05, 3.63) is 29.8 Å². The molecule has 1 N–H and O–H groups in total. The summed E-state index contributed by atoms with van der Waals surface area (Å²) in [5.41, 5.74) is 1.40. The number of carboxylic acid groups (broad SMARTS) is 1. The molecule has 2 aliphatic rings. The minimum atomic E-state index is -0.671. The zero-order chi connectivity index (χ0) is 13.2. The number of benzene rings is 1. The van der Waals surface area contributed by atoms with Gasteiger partial charge in [0.15, 0.2) is 0 Å². The van der Waals surface area contributed by atoms with Crippen LogP contribution in [0, 0.1) is 0 Å². The van der Waals surface area contributed by atoms with Gasteiger partial charge in [-0.05, 0) is 43.2 Å². The lowest BCUT2D eigenvalue weighted by Crippen LogP contribution is -2.36. The quantitative estimate of drug-likeness (QED) is 0.921. The molecule has 0 amide bonds. The molecule has 1 saturated heterocycles. The van der Waals surface area contributed by atoms with Crippen LogP contribution in [0.15, 0.2) is 29.2 Å². The molecule has 2 atom stereocenters. The summed E-state index contributed by atoms with van der Waals surface area (Å²) in [6, 6.07) is 9.23. The lowest BCUT2D eigenvalue weighted by Gasteiger charge is -2.36. The van der Waals surface area contributed by atoms with Crippen molar-refractivity contribution < 1.29 is 9.90 Å². The normalized spacial score (nSPS) is 27.2. The van der Waals surface area contributed by atoms with Crippen LogP contribution in [-0.2, 0) is 4.79 Å². The molecule has 2 aliphatic heterocycles. The highest BCUT2D eigenvalue weighted by Crippen LogP contribution is 2.42. The smallest absolute Gasteiger partial charge is 0.304 e. The highest BCUT2D eigenvalue weighted by Gasteiger charge is 2.34. The van der Waals surface area contributed by atoms with Crippen LogP contribution < -0.4 is 0 Å². The standard InChI is InChI=1S/C15H19NO2S/c17-15(18)10-11-4-3-8-16(11)13-7-9-19-14-6-2-1-5-12(13)14/h1-2,5-6,11,13H,3-4,7-10H2,(H,17,18). The summed E-state index contributed by atoms with van der Waals surface area (Å²) in [5.74, 6) is 0.466. The number of fused-ring (bicyclic) bond motifs is 1. The van der Waals surface area contributed by atoms with Gasteiger partial charge < -0.3 is 5.11 Å². The van der Waals surface area contributed by atoms with E-state index >= 15 is 0 Å². The number of hydrogen-bond acceptors (Lipinski definition) is 3. The molecule has 0 saturated carbocycles. The van der Waals surface area contributed by atoms with Crippen LogP contribution in [-0.4, -0.2) is 34.3 Å². The number of aliphatic carboxylic acids is 1. The van der Waals surface area contributed by atoms with E-state index in [-0.39, 0.29) is 12.5 Å². The van der Waals surface area contributed by atoms with Gasteiger partial charge in [0.2, 0.25) is 0 Å². The maximum absolute atomic E-state index is 11.0. The molecule has 0 aromatic heterocycles. The maximum atomic E-state index is 11.0. The van der Waals surface area contributed by atoms with Gasteiger partial charge in [-0.25, -0.2) is 0 Å². The molecule has 0 bridgehead atoms. The number of rotatable bonds is 3. The highest BCUT2D eigenvalue weighted by molar-refractivity contribution is 7.99. The van der Waals surface area contributed by atoms with Gasteiger partial charge in [0, 0.05) is 17.0 Å². The molecule has 3 rings (SSSR count). The van der Waals surface area contributed by atoms with Crippen molar-refractivity contribution in [2.75, 3.05) is 12.3 Å². The second kappa shape index (κ2) is 5.55. The molecule has 2 heterocycles. The van der Waals surface area contributed by atoms with Gasteiger partial charge in [-0.3, -0.25) is 9.69 Å². The number of nitrogens with zero attached hydrogens (tertiary/aromatic N) is 1. The van der Waals surface area contributed by atoms with E-state index in [0.717, 1.165) is 31.6 Å². The van der Waals surface area contributed by atoms with E-state index in [0.29, 0.717) is 6.04 Å². The van der Waals surface area contributed by atoms with E-state index in [4.69, 9.17) is 5.11 Å². The van der Waals surface area contributed by atoms with Crippen molar-refractivity contribution >= 4 is 17.7 Å². The summed E-state index contributed by atoms with van der Waals surface area (Å²) in [6.07, 6.45) is 3.57. The maximum Gasteiger partial charge on any atom is 0.304 e. The van der Waals surface area contributed by atoms with Gasteiger partial charge in [0.1, 0.15) is 0 Å². The first-order valence-corrected chi connectivity index (χ1v) is 7.93. The predicted molar refractivity (Wildman–Crippen MR) is 76.5 cm³/mol. The summed E-state index contributed by atoms with van der Waals surface area (Å²) >= 11 is 1.92. The molecule has 0 spiro atoms. The lowest BCUT2D eigenvalue weighted by molar-refractivity contribution is -0.138. The fourth-order valence-corrected chi connectivity index (χ4v) is 4.46. The Morgan fingerprint density at radius 1 is 1.37 bits per heavy atom. The Balaban J connectivity index is 1.84. The summed E-state index contributed by atoms with van der Waals surface area (Å²) in [5, 5.41) is 9.05. The van der Waals surface area contributed by atoms with E-state index in [1.54, 1.807) is 0 Å². The van der Waals surface area contributed by atoms with Crippen LogP contribution in [0.25, 0.3) is 0 Å². The summed E-state index contributed by atoms with van der Waals surface area (Å²) < 4.78 is 0. The molecule has 4 heteroatoms. The topological polar surface area (TPSA) is 40.5 Å². The Bertz CT molecular complexity index is 477. The van der Waals surface area contributed by atoms with Gasteiger partial charge in [0.25, 0.3) is 0 Å². The molecule has 1 aromatic carbocycles. The van der Waals surface area contributed by atoms with Crippen LogP contribution in [0.3, 0.4) is 0 Å². The summed E-state index contributed by atoms with van der Waals surface area (Å²) in [7, 11) is 0.